The second kappa shape index (κ2) is 16.6. The quantitative estimate of drug-likeness (QED) is 0.142. The van der Waals surface area contributed by atoms with Gasteiger partial charge in [0.2, 0.25) is 0 Å². The van der Waals surface area contributed by atoms with Crippen LogP contribution in [0.2, 0.25) is 0 Å². The monoisotopic (exact) mass is 988 g/mol. The van der Waals surface area contributed by atoms with Gasteiger partial charge in [-0.1, -0.05) is 220 Å². The zero-order chi connectivity index (χ0) is 50.8. The smallest absolute Gasteiger partial charge is 0.178 e. The number of rotatable bonds is 8. The van der Waals surface area contributed by atoms with Crippen molar-refractivity contribution in [3.05, 3.63) is 262 Å². The number of methoxy groups -OCH3 is 2. The van der Waals surface area contributed by atoms with Crippen molar-refractivity contribution in [1.29, 1.82) is 0 Å². The van der Waals surface area contributed by atoms with E-state index in [0.29, 0.717) is 0 Å². The van der Waals surface area contributed by atoms with Crippen molar-refractivity contribution in [1.82, 2.24) is 0 Å². The van der Waals surface area contributed by atoms with Crippen molar-refractivity contribution in [2.75, 3.05) is 14.2 Å². The van der Waals surface area contributed by atoms with Gasteiger partial charge in [-0.05, 0) is 91.7 Å². The molecule has 14 rings (SSSR count). The van der Waals surface area contributed by atoms with Gasteiger partial charge in [-0.15, -0.1) is 0 Å². The molecule has 4 nitrogen and oxygen atoms in total. The minimum absolute atomic E-state index is 0.208. The molecule has 0 N–H and O–H groups in total. The predicted octanol–water partition coefficient (Wildman–Crippen LogP) is 14.4. The first kappa shape index (κ1) is 45.2. The minimum Gasteiger partial charge on any atom is -0.497 e. The molecule has 2 aliphatic heterocycles. The van der Waals surface area contributed by atoms with Gasteiger partial charge in [0.1, 0.15) is 23.0 Å². The van der Waals surface area contributed by atoms with Gasteiger partial charge in [-0.25, -0.2) is 0 Å². The zero-order valence-electron chi connectivity index (χ0n) is 43.1. The standard InChI is InChI=1S/C70H56O4Si/c1-67(2)59-21-13-11-19-55(59)61-51-15-7-9-17-53(51)65-57(63(61)67)39-41-69(73-65,43-23-31-47(71-5)32-24-43)45-27-35-49(36-28-45)75-50-37-29-46(30-38-50)70(44-25-33-48(72-6)34-26-44)42-40-58-64-62(52-16-8-10-18-54(52)66(58)74-70)56-20-12-14-22-60(56)68(64,3)4/h7-42H,75H2,1-6H3. The van der Waals surface area contributed by atoms with Crippen LogP contribution in [0.25, 0.3) is 56.0 Å². The van der Waals surface area contributed by atoms with Crippen molar-refractivity contribution < 1.29 is 18.9 Å². The summed E-state index contributed by atoms with van der Waals surface area (Å²) in [6.45, 7) is 9.42. The van der Waals surface area contributed by atoms with Crippen molar-refractivity contribution in [3.63, 3.8) is 0 Å². The molecular formula is C70H56O4Si. The summed E-state index contributed by atoms with van der Waals surface area (Å²) in [5, 5.41) is 7.35. The SMILES string of the molecule is COc1ccc(C2(c3ccc([SiH2]c4ccc(C5(c6ccc(OC)cc6)C=Cc6c7c(c8ccccc8c6O5)-c5ccccc5C7(C)C)cc4)cc3)C=Cc3c4c(c5ccccc5c3O2)-c2ccccc2C4(C)C)cc1. The topological polar surface area (TPSA) is 36.9 Å². The van der Waals surface area contributed by atoms with Crippen molar-refractivity contribution in [2.45, 2.75) is 49.7 Å². The van der Waals surface area contributed by atoms with Crippen LogP contribution in [0.3, 0.4) is 0 Å². The third-order valence-corrected chi connectivity index (χ3v) is 18.9. The molecule has 2 unspecified atom stereocenters. The molecular weight excluding hydrogens is 933 g/mol. The highest BCUT2D eigenvalue weighted by Gasteiger charge is 2.46. The van der Waals surface area contributed by atoms with Gasteiger partial charge in [0.05, 0.1) is 23.7 Å². The van der Waals surface area contributed by atoms with Gasteiger partial charge in [-0.3, -0.25) is 0 Å². The molecule has 0 aromatic heterocycles. The maximum absolute atomic E-state index is 7.64. The fourth-order valence-corrected chi connectivity index (χ4v) is 14.8. The third kappa shape index (κ3) is 6.53. The molecule has 10 aromatic rings. The lowest BCUT2D eigenvalue weighted by atomic mass is 9.77. The van der Waals surface area contributed by atoms with Crippen LogP contribution in [-0.4, -0.2) is 23.7 Å². The number of hydrogen-bond donors (Lipinski definition) is 0. The molecule has 0 radical (unpaired) electrons. The van der Waals surface area contributed by atoms with E-state index in [4.69, 9.17) is 18.9 Å². The maximum atomic E-state index is 7.64. The molecule has 4 aliphatic rings. The average molecular weight is 989 g/mol. The lowest BCUT2D eigenvalue weighted by Crippen LogP contribution is -2.36. The summed E-state index contributed by atoms with van der Waals surface area (Å²) >= 11 is 0. The van der Waals surface area contributed by atoms with E-state index in [9.17, 15) is 0 Å². The van der Waals surface area contributed by atoms with E-state index in [-0.39, 0.29) is 10.8 Å². The first-order chi connectivity index (χ1) is 36.5. The Hall–Kier alpha value is -8.38. The van der Waals surface area contributed by atoms with Gasteiger partial charge in [0.25, 0.3) is 0 Å². The van der Waals surface area contributed by atoms with Crippen molar-refractivity contribution in [3.8, 4) is 45.3 Å². The van der Waals surface area contributed by atoms with Crippen LogP contribution < -0.4 is 29.3 Å². The Labute approximate surface area is 441 Å². The Morgan fingerprint density at radius 2 is 0.707 bits per heavy atom. The number of fused-ring (bicyclic) bond motifs is 16. The van der Waals surface area contributed by atoms with E-state index in [0.717, 1.165) is 67.2 Å². The largest absolute Gasteiger partial charge is 0.497 e. The van der Waals surface area contributed by atoms with E-state index in [1.54, 1.807) is 14.2 Å². The molecule has 10 aromatic carbocycles. The Bertz CT molecular complexity index is 3770. The molecule has 5 heteroatoms. The van der Waals surface area contributed by atoms with E-state index in [1.807, 2.05) is 24.3 Å². The molecule has 2 atom stereocenters. The van der Waals surface area contributed by atoms with Crippen LogP contribution in [0, 0.1) is 0 Å². The number of hydrogen-bond acceptors (Lipinski definition) is 4. The van der Waals surface area contributed by atoms with Gasteiger partial charge >= 0.3 is 0 Å². The molecule has 2 heterocycles. The molecule has 0 spiro atoms. The van der Waals surface area contributed by atoms with E-state index < -0.39 is 20.7 Å². The first-order valence-electron chi connectivity index (χ1n) is 26.2. The van der Waals surface area contributed by atoms with Crippen LogP contribution in [0.5, 0.6) is 23.0 Å². The van der Waals surface area contributed by atoms with Gasteiger partial charge in [-0.2, -0.15) is 0 Å². The van der Waals surface area contributed by atoms with Gasteiger partial charge < -0.3 is 18.9 Å². The summed E-state index contributed by atoms with van der Waals surface area (Å²) in [5.41, 5.74) is 14.9. The summed E-state index contributed by atoms with van der Waals surface area (Å²) in [4.78, 5) is 0. The Morgan fingerprint density at radius 1 is 0.373 bits per heavy atom. The molecule has 75 heavy (non-hydrogen) atoms. The number of benzene rings is 10. The minimum atomic E-state index is -0.894. The first-order valence-corrected chi connectivity index (χ1v) is 27.6. The third-order valence-electron chi connectivity index (χ3n) is 17.1. The fourth-order valence-electron chi connectivity index (χ4n) is 13.4. The van der Waals surface area contributed by atoms with Crippen LogP contribution in [0.4, 0.5) is 0 Å². The molecule has 2 aliphatic carbocycles. The zero-order valence-corrected chi connectivity index (χ0v) is 44.5. The lowest BCUT2D eigenvalue weighted by molar-refractivity contribution is 0.163. The second-order valence-corrected chi connectivity index (χ2v) is 23.8. The van der Waals surface area contributed by atoms with E-state index >= 15 is 0 Å². The van der Waals surface area contributed by atoms with Gasteiger partial charge in [0.15, 0.2) is 11.2 Å². The highest BCUT2D eigenvalue weighted by molar-refractivity contribution is 6.67. The van der Waals surface area contributed by atoms with Crippen molar-refractivity contribution >= 4 is 53.6 Å². The van der Waals surface area contributed by atoms with E-state index in [2.05, 4.69) is 222 Å². The number of ether oxygens (including phenoxy) is 4. The highest BCUT2D eigenvalue weighted by atomic mass is 28.2. The Kier molecular flexibility index (Phi) is 9.99. The summed E-state index contributed by atoms with van der Waals surface area (Å²) < 4.78 is 26.6. The van der Waals surface area contributed by atoms with Crippen LogP contribution in [0.15, 0.2) is 206 Å². The summed E-state index contributed by atoms with van der Waals surface area (Å²) in [6.07, 6.45) is 9.24. The van der Waals surface area contributed by atoms with Crippen LogP contribution in [0.1, 0.15) is 83.3 Å². The van der Waals surface area contributed by atoms with Gasteiger partial charge in [0, 0.05) is 55.0 Å². The summed E-state index contributed by atoms with van der Waals surface area (Å²) in [7, 11) is 2.53. The fraction of sp³-hybridized carbons (Fsp3) is 0.143. The molecule has 0 saturated carbocycles. The normalized spacial score (nSPS) is 18.9. The van der Waals surface area contributed by atoms with Crippen LogP contribution >= 0.6 is 0 Å². The summed E-state index contributed by atoms with van der Waals surface area (Å²) in [6, 6.07) is 70.5. The second-order valence-electron chi connectivity index (χ2n) is 21.8. The van der Waals surface area contributed by atoms with E-state index in [1.165, 1.54) is 65.7 Å². The lowest BCUT2D eigenvalue weighted by Gasteiger charge is -2.38. The Balaban J connectivity index is 0.828. The Morgan fingerprint density at radius 3 is 1.08 bits per heavy atom. The van der Waals surface area contributed by atoms with Crippen LogP contribution in [-0.2, 0) is 22.0 Å². The maximum Gasteiger partial charge on any atom is 0.178 e. The molecule has 0 saturated heterocycles. The average Bonchev–Trinajstić information content (AvgIpc) is 3.88. The highest BCUT2D eigenvalue weighted by Crippen LogP contribution is 2.60. The van der Waals surface area contributed by atoms with Crippen molar-refractivity contribution in [2.24, 2.45) is 0 Å². The molecule has 0 fully saturated rings. The molecule has 0 amide bonds. The molecule has 0 bridgehead atoms. The summed E-state index contributed by atoms with van der Waals surface area (Å²) in [5.74, 6) is 3.45. The predicted molar refractivity (Wildman–Crippen MR) is 311 cm³/mol. The molecule has 364 valence electrons.